The molecule has 0 bridgehead atoms. The summed E-state index contributed by atoms with van der Waals surface area (Å²) in [7, 11) is 0. The maximum Gasteiger partial charge on any atom is 0.119 e. The quantitative estimate of drug-likeness (QED) is 0.211. The molecular formula is C28H24O6. The van der Waals surface area contributed by atoms with Crippen molar-refractivity contribution in [2.75, 3.05) is 0 Å². The molecule has 0 amide bonds. The van der Waals surface area contributed by atoms with Crippen LogP contribution in [0.2, 0.25) is 0 Å². The second-order valence-corrected chi connectivity index (χ2v) is 7.42. The van der Waals surface area contributed by atoms with Crippen molar-refractivity contribution in [2.24, 2.45) is 0 Å². The third-order valence-electron chi connectivity index (χ3n) is 4.57. The Morgan fingerprint density at radius 3 is 0.853 bits per heavy atom. The van der Waals surface area contributed by atoms with Crippen LogP contribution in [-0.2, 0) is 0 Å². The Labute approximate surface area is 196 Å². The highest BCUT2D eigenvalue weighted by Gasteiger charge is 1.97. The third kappa shape index (κ3) is 7.69. The van der Waals surface area contributed by atoms with Gasteiger partial charge in [0, 0.05) is 12.1 Å². The summed E-state index contributed by atoms with van der Waals surface area (Å²) in [6.45, 7) is 0. The van der Waals surface area contributed by atoms with E-state index in [1.165, 1.54) is 12.1 Å². The van der Waals surface area contributed by atoms with Gasteiger partial charge in [0.05, 0.1) is 0 Å². The van der Waals surface area contributed by atoms with Gasteiger partial charge in [0.2, 0.25) is 0 Å². The second kappa shape index (κ2) is 11.2. The van der Waals surface area contributed by atoms with Crippen molar-refractivity contribution in [1.29, 1.82) is 0 Å². The largest absolute Gasteiger partial charge is 0.508 e. The van der Waals surface area contributed by atoms with Gasteiger partial charge >= 0.3 is 0 Å². The maximum atomic E-state index is 9.30. The first-order chi connectivity index (χ1) is 16.3. The number of phenols is 6. The minimum absolute atomic E-state index is 0.0235. The Balaban J connectivity index is 0.000000191. The molecule has 6 heteroatoms. The summed E-state index contributed by atoms with van der Waals surface area (Å²) in [6, 6.07) is 22.2. The van der Waals surface area contributed by atoms with Crippen LogP contribution in [0, 0.1) is 0 Å². The highest BCUT2D eigenvalue weighted by atomic mass is 16.3. The Bertz CT molecular complexity index is 1150. The number of benzene rings is 4. The van der Waals surface area contributed by atoms with Crippen molar-refractivity contribution in [3.05, 3.63) is 107 Å². The average molecular weight is 456 g/mol. The smallest absolute Gasteiger partial charge is 0.119 e. The van der Waals surface area contributed by atoms with E-state index in [9.17, 15) is 20.4 Å². The lowest BCUT2D eigenvalue weighted by molar-refractivity contribution is 0.449. The van der Waals surface area contributed by atoms with Crippen molar-refractivity contribution in [1.82, 2.24) is 0 Å². The number of hydrogen-bond donors (Lipinski definition) is 6. The molecule has 6 N–H and O–H groups in total. The Morgan fingerprint density at radius 2 is 0.559 bits per heavy atom. The van der Waals surface area contributed by atoms with Gasteiger partial charge in [-0.15, -0.1) is 0 Å². The Morgan fingerprint density at radius 1 is 0.294 bits per heavy atom. The van der Waals surface area contributed by atoms with Crippen molar-refractivity contribution >= 4 is 24.3 Å². The summed E-state index contributed by atoms with van der Waals surface area (Å²) in [5.41, 5.74) is 3.25. The van der Waals surface area contributed by atoms with E-state index in [0.717, 1.165) is 11.1 Å². The summed E-state index contributed by atoms with van der Waals surface area (Å²) in [5, 5.41) is 55.5. The van der Waals surface area contributed by atoms with Gasteiger partial charge in [-0.1, -0.05) is 48.6 Å². The predicted molar refractivity (Wildman–Crippen MR) is 134 cm³/mol. The molecule has 0 radical (unpaired) electrons. The first kappa shape index (κ1) is 23.8. The highest BCUT2D eigenvalue weighted by molar-refractivity contribution is 5.72. The highest BCUT2D eigenvalue weighted by Crippen LogP contribution is 2.23. The van der Waals surface area contributed by atoms with Crippen LogP contribution < -0.4 is 0 Å². The molecule has 0 atom stereocenters. The molecule has 0 saturated carbocycles. The molecule has 4 rings (SSSR count). The fraction of sp³-hybridized carbons (Fsp3) is 0. The van der Waals surface area contributed by atoms with Crippen LogP contribution in [0.1, 0.15) is 22.3 Å². The summed E-state index contributed by atoms with van der Waals surface area (Å²) in [4.78, 5) is 0. The topological polar surface area (TPSA) is 121 Å². The SMILES string of the molecule is Oc1ccc(C=Cc2cc(O)cc(O)c2)cc1.Oc1ccc(C=Cc2cc(O)cc(O)c2)cc1. The van der Waals surface area contributed by atoms with Crippen LogP contribution in [0.25, 0.3) is 24.3 Å². The molecule has 0 saturated heterocycles. The summed E-state index contributed by atoms with van der Waals surface area (Å²) < 4.78 is 0. The van der Waals surface area contributed by atoms with E-state index in [2.05, 4.69) is 0 Å². The predicted octanol–water partition coefficient (Wildman–Crippen LogP) is 5.95. The van der Waals surface area contributed by atoms with E-state index < -0.39 is 0 Å². The molecular weight excluding hydrogens is 432 g/mol. The lowest BCUT2D eigenvalue weighted by Crippen LogP contribution is -1.74. The molecule has 0 aliphatic carbocycles. The zero-order valence-corrected chi connectivity index (χ0v) is 18.1. The van der Waals surface area contributed by atoms with Crippen LogP contribution in [0.15, 0.2) is 84.9 Å². The molecule has 34 heavy (non-hydrogen) atoms. The maximum absolute atomic E-state index is 9.30. The normalized spacial score (nSPS) is 10.8. The number of aromatic hydroxyl groups is 6. The molecule has 0 aromatic heterocycles. The standard InChI is InChI=1S/2C14H12O3/c2*15-12-5-3-10(4-6-12)1-2-11-7-13(16)9-14(17)8-11/h2*1-9,15-17H. The Kier molecular flexibility index (Phi) is 7.81. The first-order valence-corrected chi connectivity index (χ1v) is 10.3. The second-order valence-electron chi connectivity index (χ2n) is 7.42. The Hall–Kier alpha value is -4.84. The fourth-order valence-electron chi connectivity index (χ4n) is 2.98. The summed E-state index contributed by atoms with van der Waals surface area (Å²) in [5.74, 6) is 0.533. The summed E-state index contributed by atoms with van der Waals surface area (Å²) in [6.07, 6.45) is 7.19. The van der Waals surface area contributed by atoms with E-state index in [0.29, 0.717) is 11.1 Å². The summed E-state index contributed by atoms with van der Waals surface area (Å²) >= 11 is 0. The van der Waals surface area contributed by atoms with Crippen LogP contribution in [-0.4, -0.2) is 30.6 Å². The van der Waals surface area contributed by atoms with Crippen molar-refractivity contribution in [3.8, 4) is 34.5 Å². The van der Waals surface area contributed by atoms with Gasteiger partial charge in [0.1, 0.15) is 34.5 Å². The fourth-order valence-corrected chi connectivity index (χ4v) is 2.98. The van der Waals surface area contributed by atoms with Gasteiger partial charge in [0.25, 0.3) is 0 Å². The lowest BCUT2D eigenvalue weighted by atomic mass is 10.1. The van der Waals surface area contributed by atoms with Crippen molar-refractivity contribution in [3.63, 3.8) is 0 Å². The average Bonchev–Trinajstić information content (AvgIpc) is 2.78. The van der Waals surface area contributed by atoms with Crippen LogP contribution in [0.5, 0.6) is 34.5 Å². The number of hydrogen-bond acceptors (Lipinski definition) is 6. The van der Waals surface area contributed by atoms with Gasteiger partial charge in [0.15, 0.2) is 0 Å². The first-order valence-electron chi connectivity index (χ1n) is 10.3. The molecule has 0 spiro atoms. The molecule has 0 heterocycles. The monoisotopic (exact) mass is 456 g/mol. The van der Waals surface area contributed by atoms with Crippen LogP contribution in [0.4, 0.5) is 0 Å². The zero-order chi connectivity index (χ0) is 24.5. The molecule has 0 fully saturated rings. The molecule has 4 aromatic rings. The minimum Gasteiger partial charge on any atom is -0.508 e. The minimum atomic E-state index is 0.0235. The molecule has 0 aliphatic rings. The van der Waals surface area contributed by atoms with Gasteiger partial charge in [-0.25, -0.2) is 0 Å². The lowest BCUT2D eigenvalue weighted by Gasteiger charge is -1.98. The molecule has 4 aromatic carbocycles. The van der Waals surface area contributed by atoms with Crippen LogP contribution in [0.3, 0.4) is 0 Å². The van der Waals surface area contributed by atoms with Gasteiger partial charge < -0.3 is 30.6 Å². The van der Waals surface area contributed by atoms with E-state index >= 15 is 0 Å². The zero-order valence-electron chi connectivity index (χ0n) is 18.1. The molecule has 0 aliphatic heterocycles. The number of phenolic OH excluding ortho intramolecular Hbond substituents is 6. The van der Waals surface area contributed by atoms with E-state index in [4.69, 9.17) is 10.2 Å². The third-order valence-corrected chi connectivity index (χ3v) is 4.57. The molecule has 6 nitrogen and oxygen atoms in total. The van der Waals surface area contributed by atoms with Gasteiger partial charge in [-0.3, -0.25) is 0 Å². The van der Waals surface area contributed by atoms with Crippen molar-refractivity contribution in [2.45, 2.75) is 0 Å². The van der Waals surface area contributed by atoms with E-state index in [1.54, 1.807) is 84.9 Å². The molecule has 172 valence electrons. The van der Waals surface area contributed by atoms with E-state index in [1.807, 2.05) is 12.2 Å². The van der Waals surface area contributed by atoms with Crippen molar-refractivity contribution < 1.29 is 30.6 Å². The van der Waals surface area contributed by atoms with Crippen LogP contribution >= 0.6 is 0 Å². The number of rotatable bonds is 4. The van der Waals surface area contributed by atoms with Gasteiger partial charge in [-0.2, -0.15) is 0 Å². The molecule has 0 unspecified atom stereocenters. The van der Waals surface area contributed by atoms with E-state index in [-0.39, 0.29) is 34.5 Å². The van der Waals surface area contributed by atoms with Gasteiger partial charge in [-0.05, 0) is 70.8 Å².